The minimum atomic E-state index is -1.23. The highest BCUT2D eigenvalue weighted by atomic mass is 32.2. The summed E-state index contributed by atoms with van der Waals surface area (Å²) in [5, 5.41) is 9.01. The summed E-state index contributed by atoms with van der Waals surface area (Å²) in [6, 6.07) is 2.46. The summed E-state index contributed by atoms with van der Waals surface area (Å²) in [7, 11) is 0. The molecule has 0 saturated carbocycles. The van der Waals surface area contributed by atoms with Crippen molar-refractivity contribution < 1.29 is 13.2 Å². The van der Waals surface area contributed by atoms with E-state index in [0.29, 0.717) is 12.1 Å². The Balaban J connectivity index is 2.86. The summed E-state index contributed by atoms with van der Waals surface area (Å²) in [6.45, 7) is 0. The molecule has 1 N–H and O–H groups in total. The molecule has 1 aromatic carbocycles. The van der Waals surface area contributed by atoms with E-state index in [-0.39, 0.29) is 5.16 Å². The monoisotopic (exact) mass is 297 g/mol. The maximum atomic E-state index is 13.7. The lowest BCUT2D eigenvalue weighted by atomic mass is 10.1. The van der Waals surface area contributed by atoms with Crippen LogP contribution >= 0.6 is 11.8 Å². The van der Waals surface area contributed by atoms with Gasteiger partial charge in [-0.1, -0.05) is 11.8 Å². The second-order valence-electron chi connectivity index (χ2n) is 3.66. The summed E-state index contributed by atoms with van der Waals surface area (Å²) in [5.74, 6) is -3.56. The van der Waals surface area contributed by atoms with Gasteiger partial charge in [-0.2, -0.15) is 5.26 Å². The van der Waals surface area contributed by atoms with Gasteiger partial charge in [0.2, 0.25) is 0 Å². The number of hydrogen-bond acceptors (Lipinski definition) is 4. The van der Waals surface area contributed by atoms with Crippen LogP contribution in [-0.2, 0) is 0 Å². The Morgan fingerprint density at radius 3 is 2.40 bits per heavy atom. The molecule has 20 heavy (non-hydrogen) atoms. The molecule has 0 unspecified atom stereocenters. The van der Waals surface area contributed by atoms with Crippen LogP contribution < -0.4 is 5.56 Å². The quantitative estimate of drug-likeness (QED) is 0.683. The van der Waals surface area contributed by atoms with Crippen LogP contribution in [0.4, 0.5) is 13.2 Å². The van der Waals surface area contributed by atoms with Gasteiger partial charge >= 0.3 is 0 Å². The number of nitriles is 1. The zero-order valence-corrected chi connectivity index (χ0v) is 10.8. The average molecular weight is 297 g/mol. The Morgan fingerprint density at radius 2 is 1.90 bits per heavy atom. The van der Waals surface area contributed by atoms with Gasteiger partial charge in [-0.3, -0.25) is 4.79 Å². The lowest BCUT2D eigenvalue weighted by Gasteiger charge is -2.07. The van der Waals surface area contributed by atoms with Crippen LogP contribution in [0, 0.1) is 28.8 Å². The van der Waals surface area contributed by atoms with E-state index in [1.54, 1.807) is 12.3 Å². The molecule has 102 valence electrons. The van der Waals surface area contributed by atoms with Gasteiger partial charge in [-0.05, 0) is 6.26 Å². The van der Waals surface area contributed by atoms with Crippen molar-refractivity contribution in [1.29, 1.82) is 5.26 Å². The number of rotatable bonds is 2. The van der Waals surface area contributed by atoms with E-state index < -0.39 is 39.8 Å². The summed E-state index contributed by atoms with van der Waals surface area (Å²) in [5.41, 5.74) is -2.50. The van der Waals surface area contributed by atoms with Crippen LogP contribution in [0.15, 0.2) is 22.1 Å². The highest BCUT2D eigenvalue weighted by molar-refractivity contribution is 7.98. The van der Waals surface area contributed by atoms with Crippen molar-refractivity contribution in [1.82, 2.24) is 9.97 Å². The minimum absolute atomic E-state index is 0.0899. The van der Waals surface area contributed by atoms with Crippen LogP contribution in [0.25, 0.3) is 11.3 Å². The van der Waals surface area contributed by atoms with Crippen molar-refractivity contribution in [2.75, 3.05) is 6.26 Å². The number of hydrogen-bond donors (Lipinski definition) is 1. The maximum Gasteiger partial charge on any atom is 0.270 e. The second kappa shape index (κ2) is 5.38. The fraction of sp³-hybridized carbons (Fsp3) is 0.0833. The normalized spacial score (nSPS) is 10.3. The van der Waals surface area contributed by atoms with Crippen molar-refractivity contribution in [2.24, 2.45) is 0 Å². The standard InChI is InChI=1S/C12H6F3N3OS/c1-20-12-17-10(6(4-16)11(19)18-12)9-7(14)2-5(13)3-8(9)15/h2-3H,1H3,(H,17,18,19). The van der Waals surface area contributed by atoms with Crippen molar-refractivity contribution in [2.45, 2.75) is 5.16 Å². The predicted molar refractivity (Wildman–Crippen MR) is 66.7 cm³/mol. The highest BCUT2D eigenvalue weighted by Crippen LogP contribution is 2.27. The van der Waals surface area contributed by atoms with E-state index in [0.717, 1.165) is 11.8 Å². The van der Waals surface area contributed by atoms with Gasteiger partial charge in [0.15, 0.2) is 5.16 Å². The molecule has 2 aromatic rings. The number of nitrogens with zero attached hydrogens (tertiary/aromatic N) is 2. The Hall–Kier alpha value is -2.27. The molecule has 0 bridgehead atoms. The largest absolute Gasteiger partial charge is 0.300 e. The number of thioether (sulfide) groups is 1. The summed E-state index contributed by atoms with van der Waals surface area (Å²) in [4.78, 5) is 17.8. The first-order valence-electron chi connectivity index (χ1n) is 5.21. The molecular formula is C12H6F3N3OS. The number of aromatic amines is 1. The number of benzene rings is 1. The van der Waals surface area contributed by atoms with Gasteiger partial charge in [0.25, 0.3) is 5.56 Å². The molecule has 0 saturated heterocycles. The van der Waals surface area contributed by atoms with Gasteiger partial charge in [0.05, 0.1) is 5.56 Å². The third kappa shape index (κ3) is 2.40. The third-order valence-corrected chi connectivity index (χ3v) is 3.03. The molecule has 0 aliphatic heterocycles. The van der Waals surface area contributed by atoms with Crippen LogP contribution in [0.3, 0.4) is 0 Å². The maximum absolute atomic E-state index is 13.7. The SMILES string of the molecule is CSc1nc(-c2c(F)cc(F)cc2F)c(C#N)c(=O)[nH]1. The van der Waals surface area contributed by atoms with Crippen molar-refractivity contribution in [3.63, 3.8) is 0 Å². The van der Waals surface area contributed by atoms with E-state index >= 15 is 0 Å². The fourth-order valence-corrected chi connectivity index (χ4v) is 1.98. The van der Waals surface area contributed by atoms with Gasteiger partial charge in [0, 0.05) is 12.1 Å². The first-order valence-corrected chi connectivity index (χ1v) is 6.43. The van der Waals surface area contributed by atoms with Gasteiger partial charge < -0.3 is 4.98 Å². The Labute approximate surface area is 115 Å². The van der Waals surface area contributed by atoms with E-state index in [9.17, 15) is 18.0 Å². The predicted octanol–water partition coefficient (Wildman–Crippen LogP) is 2.45. The molecule has 0 radical (unpaired) electrons. The molecule has 0 amide bonds. The Kier molecular flexibility index (Phi) is 3.81. The Bertz CT molecular complexity index is 759. The lowest BCUT2D eigenvalue weighted by molar-refractivity contribution is 0.547. The van der Waals surface area contributed by atoms with Gasteiger partial charge in [-0.15, -0.1) is 0 Å². The summed E-state index contributed by atoms with van der Waals surface area (Å²) >= 11 is 1.03. The third-order valence-electron chi connectivity index (χ3n) is 2.45. The van der Waals surface area contributed by atoms with Crippen molar-refractivity contribution in [3.05, 3.63) is 45.5 Å². The zero-order valence-electron chi connectivity index (χ0n) is 10.00. The van der Waals surface area contributed by atoms with E-state index in [1.807, 2.05) is 0 Å². The first-order chi connectivity index (χ1) is 9.47. The minimum Gasteiger partial charge on any atom is -0.300 e. The van der Waals surface area contributed by atoms with Gasteiger partial charge in [-0.25, -0.2) is 18.2 Å². The first kappa shape index (κ1) is 14.1. The van der Waals surface area contributed by atoms with Crippen molar-refractivity contribution >= 4 is 11.8 Å². The number of halogens is 3. The second-order valence-corrected chi connectivity index (χ2v) is 4.45. The van der Waals surface area contributed by atoms with Crippen LogP contribution in [-0.4, -0.2) is 16.2 Å². The molecule has 0 aliphatic carbocycles. The Morgan fingerprint density at radius 1 is 1.30 bits per heavy atom. The summed E-state index contributed by atoms with van der Waals surface area (Å²) < 4.78 is 40.4. The van der Waals surface area contributed by atoms with Crippen LogP contribution in [0.5, 0.6) is 0 Å². The fourth-order valence-electron chi connectivity index (χ4n) is 1.60. The molecular weight excluding hydrogens is 291 g/mol. The summed E-state index contributed by atoms with van der Waals surface area (Å²) in [6.07, 6.45) is 1.59. The smallest absolute Gasteiger partial charge is 0.270 e. The van der Waals surface area contributed by atoms with E-state index in [4.69, 9.17) is 5.26 Å². The van der Waals surface area contributed by atoms with Crippen LogP contribution in [0.2, 0.25) is 0 Å². The number of nitrogens with one attached hydrogen (secondary N) is 1. The molecule has 0 atom stereocenters. The highest BCUT2D eigenvalue weighted by Gasteiger charge is 2.21. The van der Waals surface area contributed by atoms with E-state index in [1.165, 1.54) is 0 Å². The molecule has 2 rings (SSSR count). The number of H-pyrrole nitrogens is 1. The molecule has 1 heterocycles. The lowest BCUT2D eigenvalue weighted by Crippen LogP contribution is -2.15. The molecule has 4 nitrogen and oxygen atoms in total. The van der Waals surface area contributed by atoms with Crippen molar-refractivity contribution in [3.8, 4) is 17.3 Å². The number of aromatic nitrogens is 2. The molecule has 1 aromatic heterocycles. The molecule has 0 spiro atoms. The zero-order chi connectivity index (χ0) is 14.9. The molecule has 8 heteroatoms. The van der Waals surface area contributed by atoms with E-state index in [2.05, 4.69) is 9.97 Å². The van der Waals surface area contributed by atoms with Crippen LogP contribution in [0.1, 0.15) is 5.56 Å². The van der Waals surface area contributed by atoms with Gasteiger partial charge in [0.1, 0.15) is 34.8 Å². The molecule has 0 aliphatic rings. The topological polar surface area (TPSA) is 69.5 Å². The average Bonchev–Trinajstić information content (AvgIpc) is 2.37. The molecule has 0 fully saturated rings.